The summed E-state index contributed by atoms with van der Waals surface area (Å²) in [6.07, 6.45) is 1.64. The van der Waals surface area contributed by atoms with E-state index in [1.54, 1.807) is 6.26 Å². The highest BCUT2D eigenvalue weighted by molar-refractivity contribution is 5.39. The normalized spacial score (nSPS) is 15.7. The van der Waals surface area contributed by atoms with Crippen molar-refractivity contribution in [1.82, 2.24) is 19.9 Å². The first-order valence-electron chi connectivity index (χ1n) is 7.83. The maximum Gasteiger partial charge on any atom is 0.323 e. The van der Waals surface area contributed by atoms with Crippen LogP contribution in [0.25, 0.3) is 0 Å². The molecule has 0 radical (unpaired) electrons. The van der Waals surface area contributed by atoms with Gasteiger partial charge in [-0.3, -0.25) is 0 Å². The minimum Gasteiger partial charge on any atom is -0.467 e. The Labute approximate surface area is 135 Å². The van der Waals surface area contributed by atoms with Crippen molar-refractivity contribution in [1.29, 1.82) is 0 Å². The van der Waals surface area contributed by atoms with Crippen molar-refractivity contribution >= 4 is 11.9 Å². The average Bonchev–Trinajstić information content (AvgIpc) is 3.07. The second-order valence-electron chi connectivity index (χ2n) is 5.40. The van der Waals surface area contributed by atoms with Crippen molar-refractivity contribution in [2.45, 2.75) is 13.5 Å². The Hall–Kier alpha value is -2.35. The Balaban J connectivity index is 1.75. The molecule has 0 saturated carbocycles. The van der Waals surface area contributed by atoms with Crippen LogP contribution in [0.1, 0.15) is 12.7 Å². The van der Waals surface area contributed by atoms with E-state index in [1.807, 2.05) is 19.1 Å². The Morgan fingerprint density at radius 1 is 1.22 bits per heavy atom. The van der Waals surface area contributed by atoms with Crippen LogP contribution in [-0.2, 0) is 6.54 Å². The molecule has 3 heterocycles. The summed E-state index contributed by atoms with van der Waals surface area (Å²) in [4.78, 5) is 17.7. The first kappa shape index (κ1) is 15.5. The van der Waals surface area contributed by atoms with Gasteiger partial charge in [-0.25, -0.2) is 0 Å². The molecule has 1 saturated heterocycles. The number of aromatic nitrogens is 3. The van der Waals surface area contributed by atoms with Crippen LogP contribution in [-0.4, -0.2) is 59.7 Å². The molecule has 0 aliphatic carbocycles. The Morgan fingerprint density at radius 2 is 2.04 bits per heavy atom. The minimum absolute atomic E-state index is 0.346. The molecule has 3 rings (SSSR count). The molecule has 0 spiro atoms. The zero-order chi connectivity index (χ0) is 16.1. The number of rotatable bonds is 6. The lowest BCUT2D eigenvalue weighted by Gasteiger charge is -2.32. The molecular formula is C15H22N6O2. The fourth-order valence-corrected chi connectivity index (χ4v) is 2.35. The van der Waals surface area contributed by atoms with Gasteiger partial charge in [-0.2, -0.15) is 15.0 Å². The van der Waals surface area contributed by atoms with Crippen molar-refractivity contribution in [3.8, 4) is 6.01 Å². The van der Waals surface area contributed by atoms with Crippen LogP contribution in [0.2, 0.25) is 0 Å². The number of furan rings is 1. The van der Waals surface area contributed by atoms with Crippen LogP contribution < -0.4 is 15.0 Å². The standard InChI is InChI=1S/C15H22N6O2/c1-3-22-15-18-13(16-11-12-5-4-10-23-12)17-14(19-15)21-8-6-20(2)7-9-21/h4-5,10H,3,6-9,11H2,1-2H3,(H,16,17,18,19). The quantitative estimate of drug-likeness (QED) is 0.852. The van der Waals surface area contributed by atoms with Gasteiger partial charge in [0.1, 0.15) is 5.76 Å². The molecule has 0 unspecified atom stereocenters. The van der Waals surface area contributed by atoms with E-state index in [4.69, 9.17) is 9.15 Å². The average molecular weight is 318 g/mol. The van der Waals surface area contributed by atoms with E-state index < -0.39 is 0 Å². The lowest BCUT2D eigenvalue weighted by atomic mass is 10.3. The second-order valence-corrected chi connectivity index (χ2v) is 5.40. The number of ether oxygens (including phenoxy) is 1. The van der Waals surface area contributed by atoms with Gasteiger partial charge in [-0.15, -0.1) is 0 Å². The van der Waals surface area contributed by atoms with Crippen molar-refractivity contribution < 1.29 is 9.15 Å². The summed E-state index contributed by atoms with van der Waals surface area (Å²) in [6, 6.07) is 4.10. The molecule has 0 amide bonds. The van der Waals surface area contributed by atoms with Crippen LogP contribution in [0.15, 0.2) is 22.8 Å². The van der Waals surface area contributed by atoms with Gasteiger partial charge < -0.3 is 24.3 Å². The molecule has 0 atom stereocenters. The number of hydrogen-bond acceptors (Lipinski definition) is 8. The molecule has 0 bridgehead atoms. The van der Waals surface area contributed by atoms with E-state index in [2.05, 4.69) is 37.1 Å². The van der Waals surface area contributed by atoms with Gasteiger partial charge >= 0.3 is 6.01 Å². The molecule has 2 aromatic heterocycles. The number of nitrogens with one attached hydrogen (secondary N) is 1. The van der Waals surface area contributed by atoms with Gasteiger partial charge in [0, 0.05) is 26.2 Å². The molecule has 2 aromatic rings. The fraction of sp³-hybridized carbons (Fsp3) is 0.533. The maximum absolute atomic E-state index is 5.47. The highest BCUT2D eigenvalue weighted by Gasteiger charge is 2.19. The number of likely N-dealkylation sites (N-methyl/N-ethyl adjacent to an activating group) is 1. The summed E-state index contributed by atoms with van der Waals surface area (Å²) in [5, 5.41) is 3.16. The van der Waals surface area contributed by atoms with Crippen LogP contribution >= 0.6 is 0 Å². The first-order valence-corrected chi connectivity index (χ1v) is 7.83. The van der Waals surface area contributed by atoms with Gasteiger partial charge in [-0.1, -0.05) is 0 Å². The van der Waals surface area contributed by atoms with Gasteiger partial charge in [0.15, 0.2) is 0 Å². The van der Waals surface area contributed by atoms with Gasteiger partial charge in [-0.05, 0) is 26.1 Å². The van der Waals surface area contributed by atoms with Crippen molar-refractivity contribution in [2.24, 2.45) is 0 Å². The summed E-state index contributed by atoms with van der Waals surface area (Å²) >= 11 is 0. The van der Waals surface area contributed by atoms with E-state index in [0.717, 1.165) is 31.9 Å². The van der Waals surface area contributed by atoms with E-state index >= 15 is 0 Å². The number of piperazine rings is 1. The predicted octanol–water partition coefficient (Wildman–Crippen LogP) is 1.23. The maximum atomic E-state index is 5.47. The lowest BCUT2D eigenvalue weighted by Crippen LogP contribution is -2.45. The highest BCUT2D eigenvalue weighted by atomic mass is 16.5. The topological polar surface area (TPSA) is 79.5 Å². The monoisotopic (exact) mass is 318 g/mol. The molecule has 8 nitrogen and oxygen atoms in total. The predicted molar refractivity (Wildman–Crippen MR) is 86.7 cm³/mol. The summed E-state index contributed by atoms with van der Waals surface area (Å²) < 4.78 is 10.8. The minimum atomic E-state index is 0.346. The SMILES string of the molecule is CCOc1nc(NCc2ccco2)nc(N2CCN(C)CC2)n1. The third-order valence-corrected chi connectivity index (χ3v) is 3.66. The van der Waals surface area contributed by atoms with Gasteiger partial charge in [0.25, 0.3) is 0 Å². The largest absolute Gasteiger partial charge is 0.467 e. The van der Waals surface area contributed by atoms with Crippen molar-refractivity contribution in [3.05, 3.63) is 24.2 Å². The number of anilines is 2. The third-order valence-electron chi connectivity index (χ3n) is 3.66. The van der Waals surface area contributed by atoms with E-state index in [0.29, 0.717) is 31.1 Å². The lowest BCUT2D eigenvalue weighted by molar-refractivity contribution is 0.303. The molecule has 1 fully saturated rings. The van der Waals surface area contributed by atoms with Crippen molar-refractivity contribution in [3.63, 3.8) is 0 Å². The Kier molecular flexibility index (Phi) is 4.92. The molecule has 124 valence electrons. The zero-order valence-corrected chi connectivity index (χ0v) is 13.5. The Bertz CT molecular complexity index is 610. The molecule has 8 heteroatoms. The van der Waals surface area contributed by atoms with Gasteiger partial charge in [0.2, 0.25) is 11.9 Å². The smallest absolute Gasteiger partial charge is 0.323 e. The molecule has 23 heavy (non-hydrogen) atoms. The molecular weight excluding hydrogens is 296 g/mol. The van der Waals surface area contributed by atoms with Gasteiger partial charge in [0.05, 0.1) is 19.4 Å². The van der Waals surface area contributed by atoms with E-state index in [9.17, 15) is 0 Å². The summed E-state index contributed by atoms with van der Waals surface area (Å²) in [6.45, 7) is 6.72. The third kappa shape index (κ3) is 4.10. The van der Waals surface area contributed by atoms with Crippen LogP contribution in [0, 0.1) is 0 Å². The fourth-order valence-electron chi connectivity index (χ4n) is 2.35. The van der Waals surface area contributed by atoms with Crippen molar-refractivity contribution in [2.75, 3.05) is 50.1 Å². The molecule has 0 aromatic carbocycles. The molecule has 1 N–H and O–H groups in total. The molecule has 1 aliphatic rings. The zero-order valence-electron chi connectivity index (χ0n) is 13.5. The number of nitrogens with zero attached hydrogens (tertiary/aromatic N) is 5. The molecule has 1 aliphatic heterocycles. The van der Waals surface area contributed by atoms with E-state index in [1.165, 1.54) is 0 Å². The first-order chi connectivity index (χ1) is 11.2. The summed E-state index contributed by atoms with van der Waals surface area (Å²) in [5.41, 5.74) is 0. The van der Waals surface area contributed by atoms with E-state index in [-0.39, 0.29) is 0 Å². The summed E-state index contributed by atoms with van der Waals surface area (Å²) in [7, 11) is 2.12. The van der Waals surface area contributed by atoms with Crippen LogP contribution in [0.4, 0.5) is 11.9 Å². The highest BCUT2D eigenvalue weighted by Crippen LogP contribution is 2.17. The Morgan fingerprint density at radius 3 is 2.74 bits per heavy atom. The summed E-state index contributed by atoms with van der Waals surface area (Å²) in [5.74, 6) is 1.97. The van der Waals surface area contributed by atoms with Crippen LogP contribution in [0.5, 0.6) is 6.01 Å². The second kappa shape index (κ2) is 7.28. The van der Waals surface area contributed by atoms with Crippen LogP contribution in [0.3, 0.4) is 0 Å². The number of hydrogen-bond donors (Lipinski definition) is 1.